The van der Waals surface area contributed by atoms with Crippen molar-refractivity contribution in [3.05, 3.63) is 109 Å². The summed E-state index contributed by atoms with van der Waals surface area (Å²) in [4.78, 5) is 14.4. The van der Waals surface area contributed by atoms with Crippen molar-refractivity contribution in [2.75, 3.05) is 0 Å². The molecule has 0 spiro atoms. The quantitative estimate of drug-likeness (QED) is 0.208. The minimum Gasteiger partial charge on any atom is -0.256 e. The van der Waals surface area contributed by atoms with Crippen molar-refractivity contribution in [3.63, 3.8) is 0 Å². The van der Waals surface area contributed by atoms with Gasteiger partial charge in [0.2, 0.25) is 0 Å². The monoisotopic (exact) mass is 462 g/mol. The Morgan fingerprint density at radius 3 is 2.74 bits per heavy atom. The van der Waals surface area contributed by atoms with E-state index in [0.29, 0.717) is 29.1 Å². The number of nitriles is 1. The summed E-state index contributed by atoms with van der Waals surface area (Å²) < 4.78 is 14.7. The van der Waals surface area contributed by atoms with E-state index in [1.165, 1.54) is 6.08 Å². The van der Waals surface area contributed by atoms with Crippen molar-refractivity contribution in [1.29, 1.82) is 5.26 Å². The van der Waals surface area contributed by atoms with Crippen LogP contribution in [0.3, 0.4) is 0 Å². The normalized spacial score (nSPS) is 18.0. The molecule has 35 heavy (non-hydrogen) atoms. The maximum Gasteiger partial charge on any atom is 0.160 e. The summed E-state index contributed by atoms with van der Waals surface area (Å²) in [6, 6.07) is 11.9. The molecule has 1 aliphatic carbocycles. The average Bonchev–Trinajstić information content (AvgIpc) is 2.87. The van der Waals surface area contributed by atoms with Crippen molar-refractivity contribution < 1.29 is 4.39 Å². The lowest BCUT2D eigenvalue weighted by molar-refractivity contribution is 0.411. The van der Waals surface area contributed by atoms with Gasteiger partial charge < -0.3 is 0 Å². The molecule has 5 heteroatoms. The Morgan fingerprint density at radius 1 is 1.23 bits per heavy atom. The Kier molecular flexibility index (Phi) is 7.12. The van der Waals surface area contributed by atoms with Crippen LogP contribution in [0.4, 0.5) is 4.39 Å². The SMILES string of the molecule is C=C/C=C(\C(=C)F)c1nc(-c2ccnc3ccccc23)nc2c1CCC(CC=C)C2/C=C(\C)C#N. The average molecular weight is 463 g/mol. The van der Waals surface area contributed by atoms with Gasteiger partial charge in [0.25, 0.3) is 0 Å². The van der Waals surface area contributed by atoms with Crippen LogP contribution in [0.25, 0.3) is 27.9 Å². The first-order chi connectivity index (χ1) is 17.0. The van der Waals surface area contributed by atoms with Gasteiger partial charge in [-0.3, -0.25) is 4.98 Å². The molecule has 3 aromatic rings. The molecule has 0 aliphatic heterocycles. The molecule has 1 aliphatic rings. The third-order valence-corrected chi connectivity index (χ3v) is 6.42. The Balaban J connectivity index is 2.07. The van der Waals surface area contributed by atoms with Gasteiger partial charge in [0, 0.05) is 39.8 Å². The second-order valence-corrected chi connectivity index (χ2v) is 8.67. The lowest BCUT2D eigenvalue weighted by Gasteiger charge is -2.32. The number of allylic oxidation sites excluding steroid dienone is 7. The minimum atomic E-state index is -0.579. The maximum atomic E-state index is 14.7. The summed E-state index contributed by atoms with van der Waals surface area (Å²) in [5.74, 6) is 0.0158. The third kappa shape index (κ3) is 4.74. The zero-order valence-electron chi connectivity index (χ0n) is 19.8. The molecule has 4 rings (SSSR count). The predicted octanol–water partition coefficient (Wildman–Crippen LogP) is 7.44. The number of benzene rings is 1. The highest BCUT2D eigenvalue weighted by atomic mass is 19.1. The van der Waals surface area contributed by atoms with Crippen LogP contribution < -0.4 is 0 Å². The summed E-state index contributed by atoms with van der Waals surface area (Å²) in [6.45, 7) is 13.0. The van der Waals surface area contributed by atoms with E-state index >= 15 is 0 Å². The number of halogens is 1. The first-order valence-electron chi connectivity index (χ1n) is 11.6. The van der Waals surface area contributed by atoms with Gasteiger partial charge in [-0.15, -0.1) is 6.58 Å². The van der Waals surface area contributed by atoms with Gasteiger partial charge in [0.1, 0.15) is 5.83 Å². The molecular formula is C30H27FN4. The van der Waals surface area contributed by atoms with Gasteiger partial charge in [-0.25, -0.2) is 14.4 Å². The first-order valence-corrected chi connectivity index (χ1v) is 11.6. The highest BCUT2D eigenvalue weighted by molar-refractivity contribution is 5.93. The molecule has 0 saturated heterocycles. The smallest absolute Gasteiger partial charge is 0.160 e. The number of fused-ring (bicyclic) bond motifs is 2. The largest absolute Gasteiger partial charge is 0.256 e. The standard InChI is InChI=1S/C30H27FN4/c1-5-9-21-13-14-25-28(22(10-6-2)20(4)31)34-30(35-29(25)26(21)17-19(3)18-32)24-15-16-33-27-12-8-7-11-23(24)27/h5-8,10-12,15-17,21,26H,1-2,4,9,13-14H2,3H3/b19-17+,22-10+. The Labute approximate surface area is 205 Å². The fraction of sp³-hybridized carbons (Fsp3) is 0.200. The lowest BCUT2D eigenvalue weighted by atomic mass is 9.74. The molecule has 4 nitrogen and oxygen atoms in total. The van der Waals surface area contributed by atoms with Crippen LogP contribution in [-0.4, -0.2) is 15.0 Å². The summed E-state index contributed by atoms with van der Waals surface area (Å²) in [5.41, 5.74) is 4.76. The fourth-order valence-corrected chi connectivity index (χ4v) is 4.81. The second-order valence-electron chi connectivity index (χ2n) is 8.67. The molecule has 2 unspecified atom stereocenters. The summed E-state index contributed by atoms with van der Waals surface area (Å²) in [6.07, 6.45) is 11.1. The van der Waals surface area contributed by atoms with Gasteiger partial charge in [-0.05, 0) is 44.2 Å². The predicted molar refractivity (Wildman–Crippen MR) is 140 cm³/mol. The molecule has 2 atom stereocenters. The maximum absolute atomic E-state index is 14.7. The Bertz CT molecular complexity index is 1420. The Morgan fingerprint density at radius 2 is 2.03 bits per heavy atom. The summed E-state index contributed by atoms with van der Waals surface area (Å²) in [5, 5.41) is 10.4. The van der Waals surface area contributed by atoms with Crippen LogP contribution >= 0.6 is 0 Å². The minimum absolute atomic E-state index is 0.122. The van der Waals surface area contributed by atoms with Crippen LogP contribution in [0.2, 0.25) is 0 Å². The van der Waals surface area contributed by atoms with Crippen LogP contribution in [0.15, 0.2) is 92.0 Å². The van der Waals surface area contributed by atoms with E-state index in [1.807, 2.05) is 42.5 Å². The number of nitrogens with zero attached hydrogens (tertiary/aromatic N) is 4. The van der Waals surface area contributed by atoms with E-state index in [9.17, 15) is 9.65 Å². The zero-order valence-corrected chi connectivity index (χ0v) is 19.8. The molecule has 174 valence electrons. The van der Waals surface area contributed by atoms with Gasteiger partial charge in [0.15, 0.2) is 5.82 Å². The summed E-state index contributed by atoms with van der Waals surface area (Å²) in [7, 11) is 0. The first kappa shape index (κ1) is 24.0. The zero-order chi connectivity index (χ0) is 24.9. The molecule has 0 fully saturated rings. The highest BCUT2D eigenvalue weighted by Gasteiger charge is 2.33. The number of aromatic nitrogens is 3. The van der Waals surface area contributed by atoms with Gasteiger partial charge >= 0.3 is 0 Å². The summed E-state index contributed by atoms with van der Waals surface area (Å²) >= 11 is 0. The van der Waals surface area contributed by atoms with Crippen molar-refractivity contribution in [2.24, 2.45) is 5.92 Å². The Hall–Kier alpha value is -4.17. The van der Waals surface area contributed by atoms with Gasteiger partial charge in [0.05, 0.1) is 23.0 Å². The van der Waals surface area contributed by atoms with Gasteiger partial charge in [-0.2, -0.15) is 5.26 Å². The molecule has 0 amide bonds. The van der Waals surface area contributed by atoms with Crippen molar-refractivity contribution in [3.8, 4) is 17.5 Å². The molecule has 2 aromatic heterocycles. The molecule has 2 heterocycles. The lowest BCUT2D eigenvalue weighted by Crippen LogP contribution is -2.23. The van der Waals surface area contributed by atoms with E-state index in [0.717, 1.165) is 40.6 Å². The fourth-order valence-electron chi connectivity index (χ4n) is 4.81. The number of hydrogen-bond acceptors (Lipinski definition) is 4. The van der Waals surface area contributed by atoms with E-state index in [-0.39, 0.29) is 11.8 Å². The van der Waals surface area contributed by atoms with Crippen LogP contribution in [0, 0.1) is 17.2 Å². The molecule has 0 saturated carbocycles. The third-order valence-electron chi connectivity index (χ3n) is 6.42. The molecule has 0 N–H and O–H groups in total. The number of pyridine rings is 1. The van der Waals surface area contributed by atoms with Crippen LogP contribution in [-0.2, 0) is 6.42 Å². The topological polar surface area (TPSA) is 62.5 Å². The van der Waals surface area contributed by atoms with E-state index in [4.69, 9.17) is 9.97 Å². The molecular weight excluding hydrogens is 435 g/mol. The molecule has 0 radical (unpaired) electrons. The molecule has 0 bridgehead atoms. The number of hydrogen-bond donors (Lipinski definition) is 0. The van der Waals surface area contributed by atoms with Crippen molar-refractivity contribution in [2.45, 2.75) is 32.1 Å². The second kappa shape index (κ2) is 10.4. The van der Waals surface area contributed by atoms with Gasteiger partial charge in [-0.1, -0.05) is 55.7 Å². The number of rotatable bonds is 7. The molecule has 1 aromatic carbocycles. The van der Waals surface area contributed by atoms with E-state index in [2.05, 4.69) is 30.8 Å². The van der Waals surface area contributed by atoms with Crippen LogP contribution in [0.1, 0.15) is 42.6 Å². The van der Waals surface area contributed by atoms with Crippen LogP contribution in [0.5, 0.6) is 0 Å². The van der Waals surface area contributed by atoms with Crippen molar-refractivity contribution in [1.82, 2.24) is 15.0 Å². The van der Waals surface area contributed by atoms with E-state index < -0.39 is 5.83 Å². The van der Waals surface area contributed by atoms with Crippen molar-refractivity contribution >= 4 is 16.5 Å². The van der Waals surface area contributed by atoms with E-state index in [1.54, 1.807) is 19.2 Å². The number of para-hydroxylation sites is 1. The highest BCUT2D eigenvalue weighted by Crippen LogP contribution is 2.43.